The van der Waals surface area contributed by atoms with Crippen LogP contribution in [0.5, 0.6) is 0 Å². The molecule has 0 aromatic heterocycles. The van der Waals surface area contributed by atoms with Gasteiger partial charge in [0.05, 0.1) is 5.66 Å². The van der Waals surface area contributed by atoms with Gasteiger partial charge in [-0.15, -0.1) is 0 Å². The molecular formula is C6H12N2. The first kappa shape index (κ1) is 4.77. The first-order valence-electron chi connectivity index (χ1n) is 3.35. The van der Waals surface area contributed by atoms with E-state index in [4.69, 9.17) is 5.73 Å². The summed E-state index contributed by atoms with van der Waals surface area (Å²) in [5, 5.41) is 3.38. The van der Waals surface area contributed by atoms with Crippen LogP contribution < -0.4 is 11.1 Å². The topological polar surface area (TPSA) is 38.0 Å². The van der Waals surface area contributed by atoms with Gasteiger partial charge in [-0.2, -0.15) is 0 Å². The summed E-state index contributed by atoms with van der Waals surface area (Å²) < 4.78 is 0. The Balaban J connectivity index is 2.19. The van der Waals surface area contributed by atoms with Gasteiger partial charge in [0.25, 0.3) is 0 Å². The Morgan fingerprint density at radius 1 is 1.38 bits per heavy atom. The van der Waals surface area contributed by atoms with Gasteiger partial charge in [-0.25, -0.2) is 0 Å². The van der Waals surface area contributed by atoms with Crippen LogP contribution in [0.1, 0.15) is 25.7 Å². The molecule has 0 spiro atoms. The van der Waals surface area contributed by atoms with E-state index in [1.54, 1.807) is 0 Å². The average molecular weight is 112 g/mol. The molecule has 2 rings (SSSR count). The monoisotopic (exact) mass is 112 g/mol. The highest BCUT2D eigenvalue weighted by atomic mass is 15.2. The first-order valence-corrected chi connectivity index (χ1v) is 3.35. The van der Waals surface area contributed by atoms with Crippen molar-refractivity contribution in [2.75, 3.05) is 0 Å². The van der Waals surface area contributed by atoms with Crippen molar-refractivity contribution in [2.24, 2.45) is 5.73 Å². The van der Waals surface area contributed by atoms with Gasteiger partial charge in [-0.3, -0.25) is 5.32 Å². The molecule has 2 heteroatoms. The second-order valence-corrected chi connectivity index (χ2v) is 3.07. The first-order chi connectivity index (χ1) is 3.79. The Kier molecular flexibility index (Phi) is 0.746. The zero-order valence-electron chi connectivity index (χ0n) is 4.98. The molecule has 0 atom stereocenters. The van der Waals surface area contributed by atoms with Crippen LogP contribution in [0.3, 0.4) is 0 Å². The normalized spacial score (nSPS) is 52.9. The molecule has 2 saturated heterocycles. The fourth-order valence-electron chi connectivity index (χ4n) is 1.83. The minimum absolute atomic E-state index is 0.0602. The maximum absolute atomic E-state index is 5.89. The van der Waals surface area contributed by atoms with Crippen LogP contribution in [0.4, 0.5) is 0 Å². The zero-order chi connectivity index (χ0) is 5.61. The fourth-order valence-corrected chi connectivity index (χ4v) is 1.83. The molecule has 0 aromatic carbocycles. The standard InChI is InChI=1S/C6H12N2/c7-6-3-1-5(8-6)2-4-6/h5,8H,1-4,7H2. The van der Waals surface area contributed by atoms with Crippen molar-refractivity contribution in [1.29, 1.82) is 0 Å². The number of nitrogens with one attached hydrogen (secondary N) is 1. The number of nitrogens with two attached hydrogens (primary N) is 1. The van der Waals surface area contributed by atoms with Gasteiger partial charge in [-0.1, -0.05) is 0 Å². The number of rotatable bonds is 0. The Hall–Kier alpha value is -0.0800. The van der Waals surface area contributed by atoms with E-state index >= 15 is 0 Å². The van der Waals surface area contributed by atoms with Crippen LogP contribution in [0.25, 0.3) is 0 Å². The Morgan fingerprint density at radius 3 is 2.12 bits per heavy atom. The Morgan fingerprint density at radius 2 is 2.00 bits per heavy atom. The fraction of sp³-hybridized carbons (Fsp3) is 1.00. The molecule has 0 aromatic rings. The van der Waals surface area contributed by atoms with Crippen LogP contribution in [0.2, 0.25) is 0 Å². The predicted molar refractivity (Wildman–Crippen MR) is 32.3 cm³/mol. The second-order valence-electron chi connectivity index (χ2n) is 3.07. The van der Waals surface area contributed by atoms with Crippen molar-refractivity contribution in [3.63, 3.8) is 0 Å². The number of fused-ring (bicyclic) bond motifs is 2. The molecule has 3 N–H and O–H groups in total. The van der Waals surface area contributed by atoms with E-state index in [0.29, 0.717) is 0 Å². The highest BCUT2D eigenvalue weighted by Crippen LogP contribution is 2.32. The van der Waals surface area contributed by atoms with Gasteiger partial charge in [0.15, 0.2) is 0 Å². The van der Waals surface area contributed by atoms with Gasteiger partial charge in [-0.05, 0) is 25.7 Å². The SMILES string of the molecule is NC12CCC(CC1)N2. The van der Waals surface area contributed by atoms with E-state index in [9.17, 15) is 0 Å². The van der Waals surface area contributed by atoms with Gasteiger partial charge in [0, 0.05) is 6.04 Å². The summed E-state index contributed by atoms with van der Waals surface area (Å²) in [7, 11) is 0. The molecule has 0 unspecified atom stereocenters. The minimum atomic E-state index is 0.0602. The lowest BCUT2D eigenvalue weighted by molar-refractivity contribution is 0.401. The molecule has 2 fully saturated rings. The Labute approximate surface area is 49.4 Å². The van der Waals surface area contributed by atoms with Crippen molar-refractivity contribution in [3.05, 3.63) is 0 Å². The molecular weight excluding hydrogens is 100 g/mol. The molecule has 0 amide bonds. The van der Waals surface area contributed by atoms with Crippen LogP contribution >= 0.6 is 0 Å². The maximum atomic E-state index is 5.89. The quantitative estimate of drug-likeness (QED) is 0.469. The van der Waals surface area contributed by atoms with Crippen molar-refractivity contribution >= 4 is 0 Å². The highest BCUT2D eigenvalue weighted by Gasteiger charge is 2.40. The third-order valence-electron chi connectivity index (χ3n) is 2.37. The summed E-state index contributed by atoms with van der Waals surface area (Å²) in [6.07, 6.45) is 4.99. The molecule has 2 bridgehead atoms. The highest BCUT2D eigenvalue weighted by molar-refractivity contribution is 4.99. The van der Waals surface area contributed by atoms with Crippen molar-refractivity contribution in [1.82, 2.24) is 5.32 Å². The van der Waals surface area contributed by atoms with Gasteiger partial charge in [0.2, 0.25) is 0 Å². The summed E-state index contributed by atoms with van der Waals surface area (Å²) in [5.41, 5.74) is 5.95. The van der Waals surface area contributed by atoms with Crippen LogP contribution in [-0.4, -0.2) is 11.7 Å². The summed E-state index contributed by atoms with van der Waals surface area (Å²) in [6.45, 7) is 0. The van der Waals surface area contributed by atoms with E-state index < -0.39 is 0 Å². The zero-order valence-corrected chi connectivity index (χ0v) is 4.98. The van der Waals surface area contributed by atoms with Crippen molar-refractivity contribution < 1.29 is 0 Å². The maximum Gasteiger partial charge on any atom is 0.0665 e. The lowest BCUT2D eigenvalue weighted by Gasteiger charge is -2.18. The molecule has 0 aliphatic carbocycles. The summed E-state index contributed by atoms with van der Waals surface area (Å²) in [5.74, 6) is 0. The van der Waals surface area contributed by atoms with Crippen LogP contribution in [0.15, 0.2) is 0 Å². The molecule has 2 aliphatic heterocycles. The molecule has 0 radical (unpaired) electrons. The lowest BCUT2D eigenvalue weighted by atomic mass is 9.96. The van der Waals surface area contributed by atoms with Gasteiger partial charge >= 0.3 is 0 Å². The largest absolute Gasteiger partial charge is 0.313 e. The molecule has 2 aliphatic rings. The third kappa shape index (κ3) is 0.501. The molecule has 8 heavy (non-hydrogen) atoms. The van der Waals surface area contributed by atoms with Crippen molar-refractivity contribution in [2.45, 2.75) is 37.4 Å². The van der Waals surface area contributed by atoms with Gasteiger partial charge in [0.1, 0.15) is 0 Å². The third-order valence-corrected chi connectivity index (χ3v) is 2.37. The molecule has 0 saturated carbocycles. The molecule has 46 valence electrons. The van der Waals surface area contributed by atoms with E-state index in [1.165, 1.54) is 25.7 Å². The van der Waals surface area contributed by atoms with E-state index in [0.717, 1.165) is 6.04 Å². The minimum Gasteiger partial charge on any atom is -0.313 e. The number of hydrogen-bond acceptors (Lipinski definition) is 2. The van der Waals surface area contributed by atoms with E-state index in [2.05, 4.69) is 5.32 Å². The summed E-state index contributed by atoms with van der Waals surface area (Å²) >= 11 is 0. The van der Waals surface area contributed by atoms with Crippen LogP contribution in [-0.2, 0) is 0 Å². The molecule has 2 nitrogen and oxygen atoms in total. The van der Waals surface area contributed by atoms with Gasteiger partial charge < -0.3 is 5.73 Å². The van der Waals surface area contributed by atoms with E-state index in [-0.39, 0.29) is 5.66 Å². The molecule has 2 heterocycles. The van der Waals surface area contributed by atoms with Crippen LogP contribution in [0, 0.1) is 0 Å². The number of hydrogen-bond donors (Lipinski definition) is 2. The smallest absolute Gasteiger partial charge is 0.0665 e. The second kappa shape index (κ2) is 1.25. The van der Waals surface area contributed by atoms with E-state index in [1.807, 2.05) is 0 Å². The summed E-state index contributed by atoms with van der Waals surface area (Å²) in [6, 6.07) is 0.764. The van der Waals surface area contributed by atoms with Crippen molar-refractivity contribution in [3.8, 4) is 0 Å². The summed E-state index contributed by atoms with van der Waals surface area (Å²) in [4.78, 5) is 0. The Bertz CT molecular complexity index is 103. The lowest BCUT2D eigenvalue weighted by Crippen LogP contribution is -2.45. The predicted octanol–water partition coefficient (Wildman–Crippen LogP) is 0.187. The average Bonchev–Trinajstić information content (AvgIpc) is 2.21.